The Balaban J connectivity index is 1.86. The molecule has 0 aliphatic carbocycles. The van der Waals surface area contributed by atoms with E-state index in [-0.39, 0.29) is 24.0 Å². The first-order valence-electron chi connectivity index (χ1n) is 7.37. The average molecular weight is 267 g/mol. The van der Waals surface area contributed by atoms with E-state index in [1.165, 1.54) is 6.42 Å². The number of amides is 1. The molecule has 2 rings (SSSR count). The van der Waals surface area contributed by atoms with Crippen molar-refractivity contribution in [2.45, 2.75) is 38.9 Å². The summed E-state index contributed by atoms with van der Waals surface area (Å²) in [5.41, 5.74) is 0. The summed E-state index contributed by atoms with van der Waals surface area (Å²) in [6, 6.07) is 0. The van der Waals surface area contributed by atoms with Crippen molar-refractivity contribution in [1.82, 2.24) is 4.90 Å². The van der Waals surface area contributed by atoms with Gasteiger partial charge in [-0.2, -0.15) is 0 Å². The van der Waals surface area contributed by atoms with Gasteiger partial charge in [-0.25, -0.2) is 0 Å². The summed E-state index contributed by atoms with van der Waals surface area (Å²) >= 11 is 0. The van der Waals surface area contributed by atoms with Gasteiger partial charge in [0, 0.05) is 26.1 Å². The van der Waals surface area contributed by atoms with Crippen molar-refractivity contribution < 1.29 is 14.3 Å². The molecular weight excluding hydrogens is 242 g/mol. The van der Waals surface area contributed by atoms with Gasteiger partial charge >= 0.3 is 0 Å². The fourth-order valence-corrected chi connectivity index (χ4v) is 2.76. The third-order valence-corrected chi connectivity index (χ3v) is 3.89. The summed E-state index contributed by atoms with van der Waals surface area (Å²) in [6.45, 7) is 4.28. The molecule has 2 aliphatic rings. The quantitative estimate of drug-likeness (QED) is 0.717. The number of carbonyl (C=O) groups is 1. The zero-order valence-electron chi connectivity index (χ0n) is 12.0. The Labute approximate surface area is 115 Å². The Kier molecular flexibility index (Phi) is 5.40. The van der Waals surface area contributed by atoms with Crippen LogP contribution in [-0.4, -0.2) is 43.9 Å². The van der Waals surface area contributed by atoms with Crippen LogP contribution in [0, 0.1) is 11.8 Å². The predicted octanol–water partition coefficient (Wildman–Crippen LogP) is 2.20. The van der Waals surface area contributed by atoms with Gasteiger partial charge < -0.3 is 14.4 Å². The minimum Gasteiger partial charge on any atom is -0.353 e. The summed E-state index contributed by atoms with van der Waals surface area (Å²) in [6.07, 6.45) is 8.30. The molecular formula is C15H25NO3. The van der Waals surface area contributed by atoms with E-state index in [2.05, 4.69) is 13.0 Å². The molecule has 0 aromatic rings. The Hall–Kier alpha value is -0.870. The van der Waals surface area contributed by atoms with E-state index < -0.39 is 0 Å². The molecule has 3 atom stereocenters. The number of allylic oxidation sites excluding steroid dienone is 1. The Morgan fingerprint density at radius 1 is 1.47 bits per heavy atom. The van der Waals surface area contributed by atoms with Gasteiger partial charge in [-0.1, -0.05) is 19.1 Å². The standard InChI is InChI=1S/C15H25NO3/c1-3-4-7-13-12(10-16(2)15(13)17)11-19-14-8-5-6-9-18-14/h4,7,12-14H,3,5-6,8-11H2,1-2H3. The Morgan fingerprint density at radius 3 is 3.00 bits per heavy atom. The van der Waals surface area contributed by atoms with Crippen molar-refractivity contribution in [3.63, 3.8) is 0 Å². The van der Waals surface area contributed by atoms with Crippen LogP contribution < -0.4 is 0 Å². The van der Waals surface area contributed by atoms with Crippen molar-refractivity contribution in [2.24, 2.45) is 11.8 Å². The number of ether oxygens (including phenoxy) is 2. The number of nitrogens with zero attached hydrogens (tertiary/aromatic N) is 1. The zero-order valence-corrected chi connectivity index (χ0v) is 12.0. The number of likely N-dealkylation sites (tertiary alicyclic amines) is 1. The normalized spacial score (nSPS) is 32.4. The summed E-state index contributed by atoms with van der Waals surface area (Å²) in [5.74, 6) is 0.447. The molecule has 0 bridgehead atoms. The van der Waals surface area contributed by atoms with Gasteiger partial charge in [-0.05, 0) is 25.7 Å². The zero-order chi connectivity index (χ0) is 13.7. The van der Waals surface area contributed by atoms with Gasteiger partial charge in [0.15, 0.2) is 6.29 Å². The van der Waals surface area contributed by atoms with Crippen LogP contribution in [0.15, 0.2) is 12.2 Å². The van der Waals surface area contributed by atoms with Gasteiger partial charge in [0.25, 0.3) is 0 Å². The second-order valence-electron chi connectivity index (χ2n) is 5.47. The van der Waals surface area contributed by atoms with E-state index in [9.17, 15) is 4.79 Å². The third-order valence-electron chi connectivity index (χ3n) is 3.89. The van der Waals surface area contributed by atoms with E-state index in [1.54, 1.807) is 4.90 Å². The third kappa shape index (κ3) is 3.80. The smallest absolute Gasteiger partial charge is 0.229 e. The van der Waals surface area contributed by atoms with Gasteiger partial charge in [-0.15, -0.1) is 0 Å². The molecule has 0 aromatic heterocycles. The van der Waals surface area contributed by atoms with Gasteiger partial charge in [0.1, 0.15) is 0 Å². The number of rotatable bonds is 5. The maximum Gasteiger partial charge on any atom is 0.229 e. The lowest BCUT2D eigenvalue weighted by atomic mass is 9.95. The number of carbonyl (C=O) groups excluding carboxylic acids is 1. The van der Waals surface area contributed by atoms with E-state index in [0.29, 0.717) is 6.61 Å². The molecule has 0 radical (unpaired) electrons. The Morgan fingerprint density at radius 2 is 2.32 bits per heavy atom. The fourth-order valence-electron chi connectivity index (χ4n) is 2.76. The summed E-state index contributed by atoms with van der Waals surface area (Å²) < 4.78 is 11.4. The molecule has 4 nitrogen and oxygen atoms in total. The lowest BCUT2D eigenvalue weighted by Gasteiger charge is -2.24. The summed E-state index contributed by atoms with van der Waals surface area (Å²) in [5, 5.41) is 0. The van der Waals surface area contributed by atoms with Crippen LogP contribution in [-0.2, 0) is 14.3 Å². The van der Waals surface area contributed by atoms with Crippen molar-refractivity contribution in [3.05, 3.63) is 12.2 Å². The van der Waals surface area contributed by atoms with E-state index in [0.717, 1.165) is 32.4 Å². The lowest BCUT2D eigenvalue weighted by molar-refractivity contribution is -0.169. The minimum atomic E-state index is -0.0643. The predicted molar refractivity (Wildman–Crippen MR) is 73.6 cm³/mol. The molecule has 3 unspecified atom stereocenters. The van der Waals surface area contributed by atoms with E-state index in [1.807, 2.05) is 13.1 Å². The highest BCUT2D eigenvalue weighted by atomic mass is 16.7. The number of hydrogen-bond acceptors (Lipinski definition) is 3. The molecule has 1 amide bonds. The molecule has 2 saturated heterocycles. The number of hydrogen-bond donors (Lipinski definition) is 0. The minimum absolute atomic E-state index is 0.0199. The van der Waals surface area contributed by atoms with Gasteiger partial charge in [-0.3, -0.25) is 4.79 Å². The highest BCUT2D eigenvalue weighted by Gasteiger charge is 2.37. The van der Waals surface area contributed by atoms with Gasteiger partial charge in [0.2, 0.25) is 5.91 Å². The van der Waals surface area contributed by atoms with E-state index in [4.69, 9.17) is 9.47 Å². The molecule has 108 valence electrons. The second kappa shape index (κ2) is 7.06. The first-order valence-corrected chi connectivity index (χ1v) is 7.37. The van der Waals surface area contributed by atoms with Crippen LogP contribution in [0.4, 0.5) is 0 Å². The van der Waals surface area contributed by atoms with Crippen molar-refractivity contribution in [2.75, 3.05) is 26.8 Å². The van der Waals surface area contributed by atoms with Crippen molar-refractivity contribution >= 4 is 5.91 Å². The molecule has 0 aromatic carbocycles. The van der Waals surface area contributed by atoms with E-state index >= 15 is 0 Å². The van der Waals surface area contributed by atoms with Crippen LogP contribution in [0.3, 0.4) is 0 Å². The SMILES string of the molecule is CCC=CC1C(=O)N(C)CC1COC1CCCCO1. The lowest BCUT2D eigenvalue weighted by Crippen LogP contribution is -2.27. The van der Waals surface area contributed by atoms with Crippen LogP contribution in [0.1, 0.15) is 32.6 Å². The monoisotopic (exact) mass is 267 g/mol. The molecule has 19 heavy (non-hydrogen) atoms. The maximum atomic E-state index is 12.1. The highest BCUT2D eigenvalue weighted by Crippen LogP contribution is 2.26. The average Bonchev–Trinajstić information content (AvgIpc) is 2.71. The van der Waals surface area contributed by atoms with Crippen LogP contribution in [0.2, 0.25) is 0 Å². The highest BCUT2D eigenvalue weighted by molar-refractivity contribution is 5.82. The largest absolute Gasteiger partial charge is 0.353 e. The molecule has 4 heteroatoms. The summed E-state index contributed by atoms with van der Waals surface area (Å²) in [7, 11) is 1.87. The second-order valence-corrected chi connectivity index (χ2v) is 5.47. The molecule has 2 fully saturated rings. The van der Waals surface area contributed by atoms with Crippen LogP contribution >= 0.6 is 0 Å². The summed E-state index contributed by atoms with van der Waals surface area (Å²) in [4.78, 5) is 13.9. The maximum absolute atomic E-state index is 12.1. The van der Waals surface area contributed by atoms with Crippen LogP contribution in [0.5, 0.6) is 0 Å². The van der Waals surface area contributed by atoms with Crippen molar-refractivity contribution in [3.8, 4) is 0 Å². The first kappa shape index (κ1) is 14.5. The molecule has 2 heterocycles. The first-order chi connectivity index (χ1) is 9.22. The fraction of sp³-hybridized carbons (Fsp3) is 0.800. The topological polar surface area (TPSA) is 38.8 Å². The van der Waals surface area contributed by atoms with Crippen LogP contribution in [0.25, 0.3) is 0 Å². The Bertz CT molecular complexity index is 323. The molecule has 0 spiro atoms. The molecule has 0 saturated carbocycles. The molecule has 0 N–H and O–H groups in total. The molecule has 2 aliphatic heterocycles. The van der Waals surface area contributed by atoms with Gasteiger partial charge in [0.05, 0.1) is 12.5 Å². The van der Waals surface area contributed by atoms with Crippen molar-refractivity contribution in [1.29, 1.82) is 0 Å².